The van der Waals surface area contributed by atoms with Gasteiger partial charge in [-0.15, -0.1) is 0 Å². The molecule has 2 aliphatic heterocycles. The number of rotatable bonds is 3. The Morgan fingerprint density at radius 2 is 2.47 bits per heavy atom. The molecule has 1 unspecified atom stereocenters. The van der Waals surface area contributed by atoms with E-state index in [9.17, 15) is 9.90 Å². The fraction of sp³-hybridized carbons (Fsp3) is 0.700. The lowest BCUT2D eigenvalue weighted by Gasteiger charge is -2.32. The smallest absolute Gasteiger partial charge is 0.325 e. The number of methoxy groups -OCH3 is 1. The van der Waals surface area contributed by atoms with Crippen molar-refractivity contribution in [3.8, 4) is 0 Å². The lowest BCUT2D eigenvalue weighted by Crippen LogP contribution is -2.52. The van der Waals surface area contributed by atoms with Gasteiger partial charge >= 0.3 is 6.03 Å². The fourth-order valence-corrected chi connectivity index (χ4v) is 1.98. The van der Waals surface area contributed by atoms with E-state index in [1.54, 1.807) is 0 Å². The second-order valence-electron chi connectivity index (χ2n) is 3.98. The van der Waals surface area contributed by atoms with Crippen LogP contribution in [0.2, 0.25) is 0 Å². The molecule has 2 heterocycles. The first-order chi connectivity index (χ1) is 8.15. The maximum atomic E-state index is 11.7. The van der Waals surface area contributed by atoms with Crippen LogP contribution in [0.15, 0.2) is 12.3 Å². The van der Waals surface area contributed by atoms with Crippen LogP contribution in [0.4, 0.5) is 4.79 Å². The summed E-state index contributed by atoms with van der Waals surface area (Å²) < 4.78 is 10.7. The predicted octanol–water partition coefficient (Wildman–Crippen LogP) is -1.03. The molecule has 96 valence electrons. The average molecular weight is 244 g/mol. The molecule has 0 bridgehead atoms. The first-order valence-corrected chi connectivity index (χ1v) is 5.40. The number of carbonyl (C=O) groups is 1. The maximum Gasteiger partial charge on any atom is 0.325 e. The summed E-state index contributed by atoms with van der Waals surface area (Å²) in [6, 6.07) is -0.453. The monoisotopic (exact) mass is 244 g/mol. The summed E-state index contributed by atoms with van der Waals surface area (Å²) in [7, 11) is 1.53. The second kappa shape index (κ2) is 5.01. The highest BCUT2D eigenvalue weighted by molar-refractivity contribution is 5.77. The Balaban J connectivity index is 2.10. The molecular weight excluding hydrogens is 228 g/mol. The van der Waals surface area contributed by atoms with E-state index in [4.69, 9.17) is 14.6 Å². The first-order valence-electron chi connectivity index (χ1n) is 5.40. The minimum Gasteiger partial charge on any atom is -0.394 e. The molecule has 1 fully saturated rings. The molecule has 0 aliphatic carbocycles. The van der Waals surface area contributed by atoms with E-state index in [0.29, 0.717) is 6.42 Å². The summed E-state index contributed by atoms with van der Waals surface area (Å²) in [6.07, 6.45) is 1.23. The number of amides is 2. The SMILES string of the molecule is CO[C@H]1C[C@@H](CO)O[C@H]1N1C=CC(O)NC1=O. The number of carbonyl (C=O) groups excluding carboxylic acids is 1. The molecule has 7 nitrogen and oxygen atoms in total. The molecule has 1 saturated heterocycles. The highest BCUT2D eigenvalue weighted by Gasteiger charge is 2.41. The number of ether oxygens (including phenoxy) is 2. The zero-order valence-corrected chi connectivity index (χ0v) is 9.44. The van der Waals surface area contributed by atoms with Crippen molar-refractivity contribution in [3.05, 3.63) is 12.3 Å². The zero-order valence-electron chi connectivity index (χ0n) is 9.44. The van der Waals surface area contributed by atoms with E-state index >= 15 is 0 Å². The molecule has 0 aromatic rings. The third-order valence-corrected chi connectivity index (χ3v) is 2.86. The molecule has 2 aliphatic rings. The van der Waals surface area contributed by atoms with Gasteiger partial charge in [-0.3, -0.25) is 4.90 Å². The Morgan fingerprint density at radius 3 is 3.06 bits per heavy atom. The largest absolute Gasteiger partial charge is 0.394 e. The molecule has 0 spiro atoms. The van der Waals surface area contributed by atoms with E-state index in [1.807, 2.05) is 0 Å². The quantitative estimate of drug-likeness (QED) is 0.590. The Morgan fingerprint density at radius 1 is 1.71 bits per heavy atom. The van der Waals surface area contributed by atoms with E-state index in [-0.39, 0.29) is 18.8 Å². The van der Waals surface area contributed by atoms with Crippen molar-refractivity contribution in [1.82, 2.24) is 10.2 Å². The molecule has 0 radical (unpaired) electrons. The van der Waals surface area contributed by atoms with Gasteiger partial charge < -0.3 is 25.0 Å². The van der Waals surface area contributed by atoms with Crippen LogP contribution >= 0.6 is 0 Å². The number of nitrogens with one attached hydrogen (secondary N) is 1. The highest BCUT2D eigenvalue weighted by Crippen LogP contribution is 2.26. The van der Waals surface area contributed by atoms with E-state index in [2.05, 4.69) is 5.32 Å². The fourth-order valence-electron chi connectivity index (χ4n) is 1.98. The Hall–Kier alpha value is -1.15. The average Bonchev–Trinajstić information content (AvgIpc) is 2.72. The van der Waals surface area contributed by atoms with Crippen LogP contribution in [0, 0.1) is 0 Å². The summed E-state index contributed by atoms with van der Waals surface area (Å²) in [5, 5.41) is 20.6. The number of hydrogen-bond acceptors (Lipinski definition) is 5. The standard InChI is InChI=1S/C10H16N2O5/c1-16-7-4-6(5-13)17-9(7)12-3-2-8(14)11-10(12)15/h2-3,6-9,13-14H,4-5H2,1H3,(H,11,15)/t6-,7-,8?,9+/m0/s1. The maximum absolute atomic E-state index is 11.7. The van der Waals surface area contributed by atoms with Crippen molar-refractivity contribution in [2.45, 2.75) is 31.1 Å². The van der Waals surface area contributed by atoms with Gasteiger partial charge in [0.05, 0.1) is 12.7 Å². The minimum absolute atomic E-state index is 0.113. The Kier molecular flexibility index (Phi) is 3.63. The summed E-state index contributed by atoms with van der Waals surface area (Å²) in [4.78, 5) is 13.0. The second-order valence-corrected chi connectivity index (χ2v) is 3.98. The Labute approximate surface area is 98.6 Å². The predicted molar refractivity (Wildman–Crippen MR) is 56.7 cm³/mol. The van der Waals surface area contributed by atoms with Crippen LogP contribution in [0.5, 0.6) is 0 Å². The van der Waals surface area contributed by atoms with E-state index in [0.717, 1.165) is 0 Å². The van der Waals surface area contributed by atoms with E-state index < -0.39 is 18.5 Å². The summed E-state index contributed by atoms with van der Waals surface area (Å²) in [5.41, 5.74) is 0. The molecule has 17 heavy (non-hydrogen) atoms. The van der Waals surface area contributed by atoms with Crippen molar-refractivity contribution in [2.75, 3.05) is 13.7 Å². The van der Waals surface area contributed by atoms with Crippen LogP contribution < -0.4 is 5.32 Å². The number of aliphatic hydroxyl groups is 2. The van der Waals surface area contributed by atoms with Gasteiger partial charge in [-0.25, -0.2) is 4.79 Å². The van der Waals surface area contributed by atoms with Crippen LogP contribution in [-0.4, -0.2) is 59.5 Å². The first kappa shape index (κ1) is 12.3. The topological polar surface area (TPSA) is 91.3 Å². The molecule has 2 rings (SSSR count). The molecule has 0 aromatic heterocycles. The number of hydrogen-bond donors (Lipinski definition) is 3. The normalized spacial score (nSPS) is 37.4. The number of aliphatic hydroxyl groups excluding tert-OH is 2. The molecule has 0 aromatic carbocycles. The van der Waals surface area contributed by atoms with Crippen LogP contribution in [0.25, 0.3) is 0 Å². The molecule has 0 saturated carbocycles. The molecule has 7 heteroatoms. The van der Waals surface area contributed by atoms with Crippen molar-refractivity contribution in [1.29, 1.82) is 0 Å². The Bertz CT molecular complexity index is 322. The van der Waals surface area contributed by atoms with Gasteiger partial charge in [0.2, 0.25) is 0 Å². The zero-order chi connectivity index (χ0) is 12.4. The number of urea groups is 1. The van der Waals surface area contributed by atoms with Crippen LogP contribution in [0.3, 0.4) is 0 Å². The van der Waals surface area contributed by atoms with Gasteiger partial charge in [-0.05, 0) is 6.08 Å². The highest BCUT2D eigenvalue weighted by atomic mass is 16.6. The van der Waals surface area contributed by atoms with Crippen LogP contribution in [-0.2, 0) is 9.47 Å². The summed E-state index contributed by atoms with van der Waals surface area (Å²) >= 11 is 0. The van der Waals surface area contributed by atoms with Gasteiger partial charge in [0.1, 0.15) is 12.3 Å². The lowest BCUT2D eigenvalue weighted by molar-refractivity contribution is -0.0751. The number of nitrogens with zero attached hydrogens (tertiary/aromatic N) is 1. The molecule has 2 amide bonds. The van der Waals surface area contributed by atoms with Gasteiger partial charge in [0, 0.05) is 19.7 Å². The lowest BCUT2D eigenvalue weighted by atomic mass is 10.2. The van der Waals surface area contributed by atoms with Crippen LogP contribution in [0.1, 0.15) is 6.42 Å². The van der Waals surface area contributed by atoms with Gasteiger partial charge in [-0.1, -0.05) is 0 Å². The van der Waals surface area contributed by atoms with E-state index in [1.165, 1.54) is 24.3 Å². The van der Waals surface area contributed by atoms with Gasteiger partial charge in [0.25, 0.3) is 0 Å². The third kappa shape index (κ3) is 2.42. The molecule has 3 N–H and O–H groups in total. The summed E-state index contributed by atoms with van der Waals surface area (Å²) in [6.45, 7) is -0.113. The van der Waals surface area contributed by atoms with Crippen molar-refractivity contribution >= 4 is 6.03 Å². The van der Waals surface area contributed by atoms with Crippen molar-refractivity contribution in [3.63, 3.8) is 0 Å². The van der Waals surface area contributed by atoms with Crippen molar-refractivity contribution in [2.24, 2.45) is 0 Å². The summed E-state index contributed by atoms with van der Waals surface area (Å²) in [5.74, 6) is 0. The molecule has 4 atom stereocenters. The molecular formula is C10H16N2O5. The van der Waals surface area contributed by atoms with Crippen molar-refractivity contribution < 1.29 is 24.5 Å². The van der Waals surface area contributed by atoms with Gasteiger partial charge in [0.15, 0.2) is 6.23 Å². The minimum atomic E-state index is -0.977. The third-order valence-electron chi connectivity index (χ3n) is 2.86. The van der Waals surface area contributed by atoms with Gasteiger partial charge in [-0.2, -0.15) is 0 Å².